The summed E-state index contributed by atoms with van der Waals surface area (Å²) >= 11 is 0. The van der Waals surface area contributed by atoms with E-state index in [1.807, 2.05) is 0 Å². The zero-order valence-corrected chi connectivity index (χ0v) is 17.8. The Morgan fingerprint density at radius 3 is 2.41 bits per heavy atom. The highest BCUT2D eigenvalue weighted by Gasteiger charge is 2.43. The average molecular weight is 467 g/mol. The highest BCUT2D eigenvalue weighted by Crippen LogP contribution is 2.26. The van der Waals surface area contributed by atoms with Crippen molar-refractivity contribution in [2.45, 2.75) is 24.6 Å². The summed E-state index contributed by atoms with van der Waals surface area (Å²) in [5, 5.41) is 16.5. The summed E-state index contributed by atoms with van der Waals surface area (Å²) < 4.78 is 52.1. The summed E-state index contributed by atoms with van der Waals surface area (Å²) in [6.45, 7) is 0.758. The molecule has 0 radical (unpaired) electrons. The molecule has 2 aromatic heterocycles. The number of rotatable bonds is 7. The Hall–Kier alpha value is -3.45. The molecular weight excluding hydrogens is 448 g/mol. The van der Waals surface area contributed by atoms with Gasteiger partial charge in [0.2, 0.25) is 0 Å². The monoisotopic (exact) mass is 467 g/mol. The molecule has 170 valence electrons. The Morgan fingerprint density at radius 2 is 1.84 bits per heavy atom. The lowest BCUT2D eigenvalue weighted by Gasteiger charge is -2.25. The number of amides is 1. The van der Waals surface area contributed by atoms with Crippen LogP contribution in [0.2, 0.25) is 0 Å². The van der Waals surface area contributed by atoms with Crippen molar-refractivity contribution in [2.75, 3.05) is 6.26 Å². The molecule has 2 heterocycles. The Labute approximate surface area is 181 Å². The topological polar surface area (TPSA) is 136 Å². The number of benzene rings is 1. The molecule has 0 saturated carbocycles. The zero-order chi connectivity index (χ0) is 23.7. The van der Waals surface area contributed by atoms with E-state index in [4.69, 9.17) is 5.21 Å². The van der Waals surface area contributed by atoms with Crippen LogP contribution in [0.15, 0.2) is 47.7 Å². The lowest BCUT2D eigenvalue weighted by molar-refractivity contribution is -0.131. The maximum atomic E-state index is 14.8. The van der Waals surface area contributed by atoms with Crippen molar-refractivity contribution in [3.63, 3.8) is 0 Å². The van der Waals surface area contributed by atoms with Gasteiger partial charge in [-0.15, -0.1) is 4.80 Å². The first-order valence-corrected chi connectivity index (χ1v) is 11.1. The molecule has 0 aliphatic heterocycles. The largest absolute Gasteiger partial charge is 0.312 e. The summed E-state index contributed by atoms with van der Waals surface area (Å²) in [5.41, 5.74) is 0.577. The molecule has 2 N–H and O–H groups in total. The van der Waals surface area contributed by atoms with E-state index in [-0.39, 0.29) is 23.4 Å². The fraction of sp³-hybridized carbons (Fsp3) is 0.263. The number of carbonyl (C=O) groups is 1. The van der Waals surface area contributed by atoms with E-state index >= 15 is 0 Å². The predicted octanol–water partition coefficient (Wildman–Crippen LogP) is 1.07. The summed E-state index contributed by atoms with van der Waals surface area (Å²) in [4.78, 5) is 25.4. The summed E-state index contributed by atoms with van der Waals surface area (Å²) in [5.74, 6) is -2.77. The first kappa shape index (κ1) is 23.2. The first-order chi connectivity index (χ1) is 15.0. The minimum Gasteiger partial charge on any atom is -0.312 e. The molecule has 13 heteroatoms. The number of nitrogens with one attached hydrogen (secondary N) is 1. The number of carbonyl (C=O) groups excluding carboxylic acids is 1. The minimum absolute atomic E-state index is 0.0368. The second-order valence-corrected chi connectivity index (χ2v) is 9.69. The van der Waals surface area contributed by atoms with Gasteiger partial charge in [-0.2, -0.15) is 10.2 Å². The molecule has 32 heavy (non-hydrogen) atoms. The number of pyridine rings is 1. The van der Waals surface area contributed by atoms with Crippen LogP contribution in [0.25, 0.3) is 16.8 Å². The van der Waals surface area contributed by atoms with E-state index in [2.05, 4.69) is 10.2 Å². The van der Waals surface area contributed by atoms with Gasteiger partial charge in [0.1, 0.15) is 11.5 Å². The fourth-order valence-electron chi connectivity index (χ4n) is 3.04. The van der Waals surface area contributed by atoms with Crippen LogP contribution in [0, 0.1) is 11.6 Å². The standard InChI is InChI=1S/C19H19F2N5O5S/c1-19(18(28)24-29,32(2,30)31)5-8-25-11-15(21)13(10-17(25)27)12-3-4-16(14(20)9-12)26-22-6-7-23-26/h3-4,6-7,9-11,29H,5,8H2,1-2H3,(H,24,28). The fourth-order valence-corrected chi connectivity index (χ4v) is 3.88. The number of hydrogen-bond acceptors (Lipinski definition) is 7. The first-order valence-electron chi connectivity index (χ1n) is 9.18. The van der Waals surface area contributed by atoms with Crippen molar-refractivity contribution in [3.8, 4) is 16.8 Å². The molecule has 0 aliphatic rings. The number of hydroxylamine groups is 1. The smallest absolute Gasteiger partial charge is 0.264 e. The van der Waals surface area contributed by atoms with Crippen LogP contribution in [0.5, 0.6) is 0 Å². The minimum atomic E-state index is -3.98. The average Bonchev–Trinajstić information content (AvgIpc) is 3.26. The number of aryl methyl sites for hydroxylation is 1. The third-order valence-electron chi connectivity index (χ3n) is 5.20. The van der Waals surface area contributed by atoms with E-state index in [1.54, 1.807) is 0 Å². The molecule has 0 spiro atoms. The van der Waals surface area contributed by atoms with Crippen LogP contribution in [0.3, 0.4) is 0 Å². The Kier molecular flexibility index (Phi) is 6.23. The van der Waals surface area contributed by atoms with Crippen molar-refractivity contribution in [1.29, 1.82) is 0 Å². The van der Waals surface area contributed by atoms with Crippen molar-refractivity contribution >= 4 is 15.7 Å². The predicted molar refractivity (Wildman–Crippen MR) is 109 cm³/mol. The maximum absolute atomic E-state index is 14.8. The molecular formula is C19H19F2N5O5S. The number of halogens is 2. The highest BCUT2D eigenvalue weighted by atomic mass is 32.2. The normalized spacial score (nSPS) is 13.5. The second-order valence-electron chi connectivity index (χ2n) is 7.25. The van der Waals surface area contributed by atoms with Crippen LogP contribution < -0.4 is 11.0 Å². The Balaban J connectivity index is 1.91. The van der Waals surface area contributed by atoms with Gasteiger partial charge in [0, 0.05) is 30.6 Å². The molecule has 1 atom stereocenters. The maximum Gasteiger partial charge on any atom is 0.264 e. The lowest BCUT2D eigenvalue weighted by atomic mass is 10.0. The summed E-state index contributed by atoms with van der Waals surface area (Å²) in [6, 6.07) is 4.71. The van der Waals surface area contributed by atoms with Crippen molar-refractivity contribution in [3.05, 3.63) is 64.8 Å². The Bertz CT molecular complexity index is 1320. The van der Waals surface area contributed by atoms with Gasteiger partial charge in [0.15, 0.2) is 20.4 Å². The molecule has 0 aliphatic carbocycles. The van der Waals surface area contributed by atoms with Gasteiger partial charge in [-0.05, 0) is 31.0 Å². The van der Waals surface area contributed by atoms with Gasteiger partial charge in [0.25, 0.3) is 11.5 Å². The van der Waals surface area contributed by atoms with Crippen LogP contribution in [0.4, 0.5) is 8.78 Å². The van der Waals surface area contributed by atoms with E-state index in [0.717, 1.165) is 40.9 Å². The third-order valence-corrected chi connectivity index (χ3v) is 7.23. The molecule has 1 unspecified atom stereocenters. The van der Waals surface area contributed by atoms with Gasteiger partial charge in [-0.1, -0.05) is 6.07 Å². The van der Waals surface area contributed by atoms with Crippen LogP contribution in [-0.4, -0.2) is 50.1 Å². The molecule has 3 rings (SSSR count). The molecule has 3 aromatic rings. The molecule has 0 bridgehead atoms. The second kappa shape index (κ2) is 8.59. The van der Waals surface area contributed by atoms with E-state index in [0.29, 0.717) is 0 Å². The molecule has 10 nitrogen and oxygen atoms in total. The quantitative estimate of drug-likeness (QED) is 0.392. The molecule has 1 amide bonds. The number of aromatic nitrogens is 4. The van der Waals surface area contributed by atoms with Crippen molar-refractivity contribution in [1.82, 2.24) is 25.0 Å². The van der Waals surface area contributed by atoms with Crippen LogP contribution in [0.1, 0.15) is 13.3 Å². The van der Waals surface area contributed by atoms with Gasteiger partial charge in [-0.3, -0.25) is 14.8 Å². The summed E-state index contributed by atoms with van der Waals surface area (Å²) in [7, 11) is -3.98. The van der Waals surface area contributed by atoms with E-state index in [1.165, 1.54) is 30.0 Å². The SMILES string of the molecule is CC(CCn1cc(F)c(-c2ccc(-n3nccn3)c(F)c2)cc1=O)(C(=O)NO)S(C)(=O)=O. The van der Waals surface area contributed by atoms with Gasteiger partial charge < -0.3 is 4.57 Å². The number of sulfone groups is 1. The van der Waals surface area contributed by atoms with Gasteiger partial charge >= 0.3 is 0 Å². The van der Waals surface area contributed by atoms with Crippen molar-refractivity contribution < 1.29 is 27.2 Å². The van der Waals surface area contributed by atoms with Gasteiger partial charge in [0.05, 0.1) is 12.4 Å². The van der Waals surface area contributed by atoms with E-state index in [9.17, 15) is 26.8 Å². The molecule has 1 aromatic carbocycles. The lowest BCUT2D eigenvalue weighted by Crippen LogP contribution is -2.50. The number of hydrogen-bond donors (Lipinski definition) is 2. The zero-order valence-electron chi connectivity index (χ0n) is 17.0. The molecule has 0 saturated heterocycles. The van der Waals surface area contributed by atoms with Crippen LogP contribution in [-0.2, 0) is 21.2 Å². The Morgan fingerprint density at radius 1 is 1.19 bits per heavy atom. The highest BCUT2D eigenvalue weighted by molar-refractivity contribution is 7.92. The molecule has 0 fully saturated rings. The third kappa shape index (κ3) is 4.29. The number of nitrogens with zero attached hydrogens (tertiary/aromatic N) is 4. The van der Waals surface area contributed by atoms with Gasteiger partial charge in [-0.25, -0.2) is 22.7 Å². The van der Waals surface area contributed by atoms with Crippen molar-refractivity contribution in [2.24, 2.45) is 0 Å². The van der Waals surface area contributed by atoms with Crippen LogP contribution >= 0.6 is 0 Å². The van der Waals surface area contributed by atoms with E-state index < -0.39 is 44.1 Å². The summed E-state index contributed by atoms with van der Waals surface area (Å²) in [6.07, 6.45) is 3.98.